The molecule has 138 valence electrons. The number of pyridine rings is 1. The molecule has 1 saturated carbocycles. The monoisotopic (exact) mass is 345 g/mol. The molecule has 1 aromatic heterocycles. The standard InChI is InChI=1S/C21H31NO3/c1-20(2,3)23-12-8-7-9-16-10-11-19(22-15-16)24-17-13-18(14-17)25-21(4,5)6/h10-11,15,17-18H,8,12-14H2,1-6H3. The van der Waals surface area contributed by atoms with E-state index in [1.54, 1.807) is 6.20 Å². The van der Waals surface area contributed by atoms with Gasteiger partial charge in [0.25, 0.3) is 0 Å². The van der Waals surface area contributed by atoms with Crippen molar-refractivity contribution in [3.05, 3.63) is 23.9 Å². The first-order valence-electron chi connectivity index (χ1n) is 9.04. The van der Waals surface area contributed by atoms with Crippen molar-refractivity contribution >= 4 is 0 Å². The molecule has 4 heteroatoms. The van der Waals surface area contributed by atoms with Crippen LogP contribution in [0.1, 0.15) is 66.4 Å². The Bertz CT molecular complexity index is 593. The molecule has 0 bridgehead atoms. The molecule has 0 aliphatic heterocycles. The van der Waals surface area contributed by atoms with E-state index in [4.69, 9.17) is 14.2 Å². The van der Waals surface area contributed by atoms with Crippen LogP contribution < -0.4 is 4.74 Å². The summed E-state index contributed by atoms with van der Waals surface area (Å²) >= 11 is 0. The van der Waals surface area contributed by atoms with Crippen LogP contribution in [-0.2, 0) is 9.47 Å². The Labute approximate surface area is 152 Å². The third-order valence-corrected chi connectivity index (χ3v) is 3.59. The van der Waals surface area contributed by atoms with E-state index in [1.165, 1.54) is 0 Å². The van der Waals surface area contributed by atoms with Gasteiger partial charge >= 0.3 is 0 Å². The van der Waals surface area contributed by atoms with Crippen molar-refractivity contribution in [2.45, 2.75) is 84.2 Å². The summed E-state index contributed by atoms with van der Waals surface area (Å²) in [4.78, 5) is 4.34. The predicted octanol–water partition coefficient (Wildman–Crippen LogP) is 4.36. The lowest BCUT2D eigenvalue weighted by Gasteiger charge is -2.38. The van der Waals surface area contributed by atoms with Crippen LogP contribution in [0, 0.1) is 11.8 Å². The molecule has 0 amide bonds. The summed E-state index contributed by atoms with van der Waals surface area (Å²) in [5.74, 6) is 6.87. The van der Waals surface area contributed by atoms with Crippen molar-refractivity contribution in [2.75, 3.05) is 6.61 Å². The van der Waals surface area contributed by atoms with Crippen LogP contribution in [0.15, 0.2) is 18.3 Å². The first kappa shape index (κ1) is 19.8. The van der Waals surface area contributed by atoms with Gasteiger partial charge in [-0.15, -0.1) is 0 Å². The zero-order valence-electron chi connectivity index (χ0n) is 16.4. The Morgan fingerprint density at radius 3 is 2.32 bits per heavy atom. The third-order valence-electron chi connectivity index (χ3n) is 3.59. The van der Waals surface area contributed by atoms with E-state index in [9.17, 15) is 0 Å². The molecule has 0 spiro atoms. The van der Waals surface area contributed by atoms with Crippen molar-refractivity contribution in [3.8, 4) is 17.7 Å². The van der Waals surface area contributed by atoms with Crippen LogP contribution >= 0.6 is 0 Å². The summed E-state index contributed by atoms with van der Waals surface area (Å²) in [5.41, 5.74) is 0.693. The van der Waals surface area contributed by atoms with Gasteiger partial charge in [0.1, 0.15) is 6.10 Å². The van der Waals surface area contributed by atoms with Gasteiger partial charge in [-0.3, -0.25) is 0 Å². The summed E-state index contributed by atoms with van der Waals surface area (Å²) in [7, 11) is 0. The summed E-state index contributed by atoms with van der Waals surface area (Å²) in [5, 5.41) is 0. The van der Waals surface area contributed by atoms with Crippen molar-refractivity contribution in [3.63, 3.8) is 0 Å². The molecule has 0 aromatic carbocycles. The zero-order chi connectivity index (χ0) is 18.5. The molecule has 1 heterocycles. The lowest BCUT2D eigenvalue weighted by Crippen LogP contribution is -2.43. The average molecular weight is 345 g/mol. The highest BCUT2D eigenvalue weighted by atomic mass is 16.5. The van der Waals surface area contributed by atoms with E-state index in [2.05, 4.69) is 37.6 Å². The van der Waals surface area contributed by atoms with E-state index in [0.29, 0.717) is 25.0 Å². The smallest absolute Gasteiger partial charge is 0.213 e. The third kappa shape index (κ3) is 7.90. The normalized spacial score (nSPS) is 20.4. The lowest BCUT2D eigenvalue weighted by molar-refractivity contribution is -0.127. The van der Waals surface area contributed by atoms with Crippen molar-refractivity contribution in [1.82, 2.24) is 4.98 Å². The number of ether oxygens (including phenoxy) is 3. The second kappa shape index (κ2) is 8.21. The molecule has 1 aromatic rings. The minimum atomic E-state index is -0.110. The summed E-state index contributed by atoms with van der Waals surface area (Å²) < 4.78 is 17.4. The molecule has 0 saturated heterocycles. The molecule has 1 aliphatic rings. The van der Waals surface area contributed by atoms with Gasteiger partial charge in [-0.25, -0.2) is 4.98 Å². The van der Waals surface area contributed by atoms with E-state index < -0.39 is 0 Å². The maximum Gasteiger partial charge on any atom is 0.213 e. The van der Waals surface area contributed by atoms with Gasteiger partial charge in [0.2, 0.25) is 5.88 Å². The van der Waals surface area contributed by atoms with Crippen molar-refractivity contribution < 1.29 is 14.2 Å². The molecule has 0 atom stereocenters. The number of rotatable bonds is 5. The quantitative estimate of drug-likeness (QED) is 0.587. The number of nitrogens with zero attached hydrogens (tertiary/aromatic N) is 1. The molecule has 25 heavy (non-hydrogen) atoms. The number of hydrogen-bond acceptors (Lipinski definition) is 4. The molecule has 0 radical (unpaired) electrons. The van der Waals surface area contributed by atoms with Crippen LogP contribution in [-0.4, -0.2) is 35.0 Å². The number of hydrogen-bond donors (Lipinski definition) is 0. The summed E-state index contributed by atoms with van der Waals surface area (Å²) in [6, 6.07) is 3.83. The fourth-order valence-electron chi connectivity index (χ4n) is 2.48. The molecule has 1 fully saturated rings. The molecule has 0 N–H and O–H groups in total. The molecule has 4 nitrogen and oxygen atoms in total. The Balaban J connectivity index is 1.71. The van der Waals surface area contributed by atoms with E-state index in [0.717, 1.165) is 18.4 Å². The summed E-state index contributed by atoms with van der Waals surface area (Å²) in [6.45, 7) is 13.0. The van der Waals surface area contributed by atoms with E-state index in [1.807, 2.05) is 32.9 Å². The molecule has 2 rings (SSSR count). The second-order valence-corrected chi connectivity index (χ2v) is 8.46. The molecule has 0 unspecified atom stereocenters. The highest BCUT2D eigenvalue weighted by Gasteiger charge is 2.34. The Morgan fingerprint density at radius 1 is 1.04 bits per heavy atom. The summed E-state index contributed by atoms with van der Waals surface area (Å²) in [6.07, 6.45) is 4.82. The largest absolute Gasteiger partial charge is 0.474 e. The van der Waals surface area contributed by atoms with Crippen LogP contribution in [0.4, 0.5) is 0 Å². The van der Waals surface area contributed by atoms with Gasteiger partial charge in [-0.2, -0.15) is 0 Å². The zero-order valence-corrected chi connectivity index (χ0v) is 16.4. The molecular formula is C21H31NO3. The SMILES string of the molecule is CC(C)(C)OCCC#Cc1ccc(OC2CC(OC(C)(C)C)C2)nc1. The maximum atomic E-state index is 5.92. The number of aromatic nitrogens is 1. The van der Waals surface area contributed by atoms with Crippen molar-refractivity contribution in [2.24, 2.45) is 0 Å². The first-order chi connectivity index (χ1) is 11.6. The average Bonchev–Trinajstić information content (AvgIpc) is 2.44. The van der Waals surface area contributed by atoms with E-state index >= 15 is 0 Å². The van der Waals surface area contributed by atoms with Gasteiger partial charge in [0, 0.05) is 37.1 Å². The van der Waals surface area contributed by atoms with Gasteiger partial charge in [-0.1, -0.05) is 11.8 Å². The Kier molecular flexibility index (Phi) is 6.48. The van der Waals surface area contributed by atoms with Crippen molar-refractivity contribution in [1.29, 1.82) is 0 Å². The Hall–Kier alpha value is -1.57. The first-order valence-corrected chi connectivity index (χ1v) is 9.04. The highest BCUT2D eigenvalue weighted by molar-refractivity contribution is 5.33. The predicted molar refractivity (Wildman–Crippen MR) is 99.7 cm³/mol. The van der Waals surface area contributed by atoms with Crippen LogP contribution in [0.5, 0.6) is 5.88 Å². The van der Waals surface area contributed by atoms with Crippen LogP contribution in [0.25, 0.3) is 0 Å². The van der Waals surface area contributed by atoms with Crippen LogP contribution in [0.3, 0.4) is 0 Å². The minimum Gasteiger partial charge on any atom is -0.474 e. The second-order valence-electron chi connectivity index (χ2n) is 8.46. The molecule has 1 aliphatic carbocycles. The van der Waals surface area contributed by atoms with Gasteiger partial charge in [0.05, 0.1) is 23.9 Å². The fourth-order valence-corrected chi connectivity index (χ4v) is 2.48. The Morgan fingerprint density at radius 2 is 1.76 bits per heavy atom. The molecular weight excluding hydrogens is 314 g/mol. The fraction of sp³-hybridized carbons (Fsp3) is 0.667. The highest BCUT2D eigenvalue weighted by Crippen LogP contribution is 2.30. The topological polar surface area (TPSA) is 40.6 Å². The van der Waals surface area contributed by atoms with Gasteiger partial charge in [0.15, 0.2) is 0 Å². The lowest BCUT2D eigenvalue weighted by atomic mass is 9.91. The van der Waals surface area contributed by atoms with E-state index in [-0.39, 0.29) is 17.3 Å². The van der Waals surface area contributed by atoms with Gasteiger partial charge in [-0.05, 0) is 47.6 Å². The van der Waals surface area contributed by atoms with Crippen LogP contribution in [0.2, 0.25) is 0 Å². The maximum absolute atomic E-state index is 5.92. The minimum absolute atomic E-state index is 0.0911. The van der Waals surface area contributed by atoms with Gasteiger partial charge < -0.3 is 14.2 Å².